The highest BCUT2D eigenvalue weighted by molar-refractivity contribution is 5.92. The van der Waals surface area contributed by atoms with E-state index in [1.54, 1.807) is 23.1 Å². The number of pyridine rings is 1. The normalized spacial score (nSPS) is 14.8. The van der Waals surface area contributed by atoms with Gasteiger partial charge < -0.3 is 10.2 Å². The van der Waals surface area contributed by atoms with Gasteiger partial charge in [-0.1, -0.05) is 36.4 Å². The van der Waals surface area contributed by atoms with Gasteiger partial charge in [-0.05, 0) is 41.9 Å². The third kappa shape index (κ3) is 6.47. The van der Waals surface area contributed by atoms with E-state index in [1.165, 1.54) is 6.07 Å². The number of likely N-dealkylation sites (N-methyl/N-ethyl adjacent to an activating group) is 1. The lowest BCUT2D eigenvalue weighted by molar-refractivity contribution is -0.138. The number of hydrogen-bond acceptors (Lipinski definition) is 5. The molecule has 0 saturated carbocycles. The Hall–Kier alpha value is -4.48. The SMILES string of the molecule is CN1CCN(Cc2ccc(NC(=O)Cc3ccc(-c4cnn5cc(-c6cnn(C)c6)ccc45)cc3)cc2C(F)(F)F)CC1. The van der Waals surface area contributed by atoms with Crippen molar-refractivity contribution in [1.29, 1.82) is 0 Å². The highest BCUT2D eigenvalue weighted by atomic mass is 19.4. The van der Waals surface area contributed by atoms with Crippen molar-refractivity contribution >= 4 is 17.1 Å². The number of fused-ring (bicyclic) bond motifs is 1. The number of benzene rings is 2. The van der Waals surface area contributed by atoms with Gasteiger partial charge in [-0.2, -0.15) is 23.4 Å². The quantitative estimate of drug-likeness (QED) is 0.278. The number of piperazine rings is 1. The molecule has 0 aliphatic carbocycles. The zero-order valence-corrected chi connectivity index (χ0v) is 24.0. The number of anilines is 1. The molecule has 0 spiro atoms. The van der Waals surface area contributed by atoms with Gasteiger partial charge in [0.05, 0.1) is 29.9 Å². The summed E-state index contributed by atoms with van der Waals surface area (Å²) < 4.78 is 45.4. The number of nitrogens with one attached hydrogen (secondary N) is 1. The van der Waals surface area contributed by atoms with E-state index in [4.69, 9.17) is 0 Å². The second kappa shape index (κ2) is 11.7. The van der Waals surface area contributed by atoms with Gasteiger partial charge in [-0.25, -0.2) is 4.52 Å². The van der Waals surface area contributed by atoms with Crippen LogP contribution in [0.1, 0.15) is 16.7 Å². The summed E-state index contributed by atoms with van der Waals surface area (Å²) in [6.45, 7) is 3.31. The Bertz CT molecular complexity index is 1750. The molecule has 1 amide bonds. The molecular formula is C32H32F3N7O. The van der Waals surface area contributed by atoms with E-state index in [0.29, 0.717) is 0 Å². The molecule has 3 aromatic heterocycles. The molecule has 1 fully saturated rings. The zero-order valence-electron chi connectivity index (χ0n) is 24.0. The smallest absolute Gasteiger partial charge is 0.326 e. The lowest BCUT2D eigenvalue weighted by Gasteiger charge is -2.33. The maximum Gasteiger partial charge on any atom is 0.416 e. The van der Waals surface area contributed by atoms with Crippen LogP contribution in [0.2, 0.25) is 0 Å². The number of alkyl halides is 3. The van der Waals surface area contributed by atoms with E-state index in [0.717, 1.165) is 65.6 Å². The summed E-state index contributed by atoms with van der Waals surface area (Å²) in [6, 6.07) is 15.6. The summed E-state index contributed by atoms with van der Waals surface area (Å²) >= 11 is 0. The Balaban J connectivity index is 1.12. The number of carbonyl (C=O) groups excluding carboxylic acids is 1. The van der Waals surface area contributed by atoms with Crippen molar-refractivity contribution in [3.05, 3.63) is 96.1 Å². The maximum atomic E-state index is 13.9. The van der Waals surface area contributed by atoms with Crippen molar-refractivity contribution < 1.29 is 18.0 Å². The molecule has 1 N–H and O–H groups in total. The second-order valence-electron chi connectivity index (χ2n) is 11.1. The molecule has 0 bridgehead atoms. The van der Waals surface area contributed by atoms with Gasteiger partial charge in [0.2, 0.25) is 5.91 Å². The van der Waals surface area contributed by atoms with Crippen molar-refractivity contribution in [2.24, 2.45) is 7.05 Å². The second-order valence-corrected chi connectivity index (χ2v) is 11.1. The minimum absolute atomic E-state index is 0.0356. The van der Waals surface area contributed by atoms with Crippen molar-refractivity contribution in [1.82, 2.24) is 29.2 Å². The fraction of sp³-hybridized carbons (Fsp3) is 0.281. The topological polar surface area (TPSA) is 70.7 Å². The monoisotopic (exact) mass is 587 g/mol. The van der Waals surface area contributed by atoms with E-state index >= 15 is 0 Å². The molecule has 8 nitrogen and oxygen atoms in total. The van der Waals surface area contributed by atoms with E-state index in [1.807, 2.05) is 72.3 Å². The van der Waals surface area contributed by atoms with Crippen LogP contribution in [0, 0.1) is 0 Å². The molecule has 1 saturated heterocycles. The number of aromatic nitrogens is 4. The van der Waals surface area contributed by atoms with Gasteiger partial charge in [0.1, 0.15) is 0 Å². The molecule has 1 aliphatic rings. The Labute approximate surface area is 247 Å². The molecule has 0 atom stereocenters. The summed E-state index contributed by atoms with van der Waals surface area (Å²) in [7, 11) is 3.88. The van der Waals surface area contributed by atoms with Crippen molar-refractivity contribution in [2.75, 3.05) is 38.5 Å². The van der Waals surface area contributed by atoms with Crippen LogP contribution in [0.3, 0.4) is 0 Å². The van der Waals surface area contributed by atoms with Gasteiger partial charge in [-0.15, -0.1) is 0 Å². The van der Waals surface area contributed by atoms with Gasteiger partial charge in [-0.3, -0.25) is 14.4 Å². The molecule has 6 rings (SSSR count). The van der Waals surface area contributed by atoms with E-state index < -0.39 is 11.7 Å². The fourth-order valence-electron chi connectivity index (χ4n) is 5.44. The summed E-state index contributed by atoms with van der Waals surface area (Å²) in [5, 5.41) is 11.4. The van der Waals surface area contributed by atoms with Crippen LogP contribution < -0.4 is 5.32 Å². The Morgan fingerprint density at radius 2 is 1.60 bits per heavy atom. The summed E-state index contributed by atoms with van der Waals surface area (Å²) in [6.07, 6.45) is 3.03. The molecule has 222 valence electrons. The average molecular weight is 588 g/mol. The molecule has 4 heterocycles. The first-order valence-electron chi connectivity index (χ1n) is 14.1. The number of carbonyl (C=O) groups is 1. The highest BCUT2D eigenvalue weighted by Crippen LogP contribution is 2.35. The van der Waals surface area contributed by atoms with Gasteiger partial charge in [0, 0.05) is 74.5 Å². The van der Waals surface area contributed by atoms with E-state index in [2.05, 4.69) is 20.4 Å². The van der Waals surface area contributed by atoms with Crippen molar-refractivity contribution in [3.8, 4) is 22.3 Å². The minimum atomic E-state index is -4.52. The average Bonchev–Trinajstić information content (AvgIpc) is 3.61. The predicted octanol–water partition coefficient (Wildman–Crippen LogP) is 5.35. The number of amides is 1. The van der Waals surface area contributed by atoms with Crippen LogP contribution in [0.4, 0.5) is 18.9 Å². The number of nitrogens with zero attached hydrogens (tertiary/aromatic N) is 6. The molecule has 1 aliphatic heterocycles. The molecule has 0 radical (unpaired) electrons. The van der Waals surface area contributed by atoms with Crippen LogP contribution in [-0.2, 0) is 31.0 Å². The van der Waals surface area contributed by atoms with Crippen LogP contribution in [-0.4, -0.2) is 68.3 Å². The third-order valence-electron chi connectivity index (χ3n) is 7.87. The first kappa shape index (κ1) is 28.6. The number of halogens is 3. The molecule has 43 heavy (non-hydrogen) atoms. The molecule has 2 aromatic carbocycles. The fourth-order valence-corrected chi connectivity index (χ4v) is 5.44. The predicted molar refractivity (Wildman–Crippen MR) is 159 cm³/mol. The zero-order chi connectivity index (χ0) is 30.1. The Morgan fingerprint density at radius 1 is 0.860 bits per heavy atom. The number of hydrogen-bond donors (Lipinski definition) is 1. The van der Waals surface area contributed by atoms with Crippen LogP contribution in [0.5, 0.6) is 0 Å². The summed E-state index contributed by atoms with van der Waals surface area (Å²) in [5.41, 5.74) is 5.22. The van der Waals surface area contributed by atoms with Gasteiger partial charge in [0.15, 0.2) is 0 Å². The van der Waals surface area contributed by atoms with Gasteiger partial charge >= 0.3 is 6.18 Å². The highest BCUT2D eigenvalue weighted by Gasteiger charge is 2.34. The molecular weight excluding hydrogens is 555 g/mol. The summed E-state index contributed by atoms with van der Waals surface area (Å²) in [5.74, 6) is -0.383. The first-order valence-corrected chi connectivity index (χ1v) is 14.1. The largest absolute Gasteiger partial charge is 0.416 e. The lowest BCUT2D eigenvalue weighted by atomic mass is 10.0. The minimum Gasteiger partial charge on any atom is -0.326 e. The van der Waals surface area contributed by atoms with E-state index in [-0.39, 0.29) is 30.1 Å². The number of rotatable bonds is 7. The van der Waals surface area contributed by atoms with Crippen LogP contribution in [0.25, 0.3) is 27.8 Å². The van der Waals surface area contributed by atoms with Crippen LogP contribution in [0.15, 0.2) is 79.4 Å². The lowest BCUT2D eigenvalue weighted by Crippen LogP contribution is -2.44. The van der Waals surface area contributed by atoms with Crippen molar-refractivity contribution in [2.45, 2.75) is 19.1 Å². The molecule has 5 aromatic rings. The Kier molecular flexibility index (Phi) is 7.76. The van der Waals surface area contributed by atoms with Crippen LogP contribution >= 0.6 is 0 Å². The standard InChI is InChI=1S/C32H32F3N7O/c1-39-11-13-41(14-12-39)20-25-7-9-27(16-29(25)32(33,34)35)38-31(43)15-22-3-5-23(6-4-22)28-18-37-42-21-24(8-10-30(28)42)26-17-36-40(2)19-26/h3-10,16-19,21H,11-15,20H2,1-2H3,(H,38,43). The molecule has 11 heteroatoms. The maximum absolute atomic E-state index is 13.9. The third-order valence-corrected chi connectivity index (χ3v) is 7.87. The molecule has 0 unspecified atom stereocenters. The number of aryl methyl sites for hydroxylation is 1. The van der Waals surface area contributed by atoms with Crippen molar-refractivity contribution in [3.63, 3.8) is 0 Å². The Morgan fingerprint density at radius 3 is 2.30 bits per heavy atom. The first-order chi connectivity index (χ1) is 20.6. The summed E-state index contributed by atoms with van der Waals surface area (Å²) in [4.78, 5) is 17.0. The van der Waals surface area contributed by atoms with E-state index in [9.17, 15) is 18.0 Å². The van der Waals surface area contributed by atoms with Gasteiger partial charge in [0.25, 0.3) is 0 Å².